The first-order valence-corrected chi connectivity index (χ1v) is 4.41. The van der Waals surface area contributed by atoms with Crippen molar-refractivity contribution in [2.45, 2.75) is 19.8 Å². The summed E-state index contributed by atoms with van der Waals surface area (Å²) in [4.78, 5) is 12.6. The van der Waals surface area contributed by atoms with Gasteiger partial charge in [0.1, 0.15) is 0 Å². The lowest BCUT2D eigenvalue weighted by Crippen LogP contribution is -2.34. The predicted octanol–water partition coefficient (Wildman–Crippen LogP) is -0.467. The SMILES string of the molecule is CCN(CCCCN)CC(N)=O. The second kappa shape index (κ2) is 7.06. The van der Waals surface area contributed by atoms with Gasteiger partial charge in [0.05, 0.1) is 6.54 Å². The van der Waals surface area contributed by atoms with Gasteiger partial charge in [-0.15, -0.1) is 0 Å². The number of hydrogen-bond donors (Lipinski definition) is 2. The van der Waals surface area contributed by atoms with Gasteiger partial charge in [0, 0.05) is 0 Å². The number of rotatable bonds is 7. The van der Waals surface area contributed by atoms with Gasteiger partial charge in [-0.3, -0.25) is 9.69 Å². The van der Waals surface area contributed by atoms with Crippen LogP contribution in [0.4, 0.5) is 0 Å². The molecule has 72 valence electrons. The van der Waals surface area contributed by atoms with E-state index in [4.69, 9.17) is 11.5 Å². The molecule has 4 heteroatoms. The quantitative estimate of drug-likeness (QED) is 0.511. The van der Waals surface area contributed by atoms with Crippen LogP contribution < -0.4 is 11.5 Å². The first kappa shape index (κ1) is 11.4. The van der Waals surface area contributed by atoms with E-state index in [2.05, 4.69) is 0 Å². The Labute approximate surface area is 73.9 Å². The maximum Gasteiger partial charge on any atom is 0.231 e. The van der Waals surface area contributed by atoms with Gasteiger partial charge >= 0.3 is 0 Å². The molecule has 0 atom stereocenters. The van der Waals surface area contributed by atoms with E-state index in [0.717, 1.165) is 25.9 Å². The summed E-state index contributed by atoms with van der Waals surface area (Å²) in [6.07, 6.45) is 2.05. The molecule has 0 aliphatic carbocycles. The van der Waals surface area contributed by atoms with Crippen molar-refractivity contribution < 1.29 is 4.79 Å². The number of unbranched alkanes of at least 4 members (excludes halogenated alkanes) is 1. The molecule has 0 aliphatic heterocycles. The zero-order valence-corrected chi connectivity index (χ0v) is 7.75. The molecule has 0 rings (SSSR count). The van der Waals surface area contributed by atoms with Crippen LogP contribution in [0.15, 0.2) is 0 Å². The summed E-state index contributed by atoms with van der Waals surface area (Å²) in [7, 11) is 0. The Hall–Kier alpha value is -0.610. The second-order valence-corrected chi connectivity index (χ2v) is 2.83. The zero-order valence-electron chi connectivity index (χ0n) is 7.75. The molecule has 0 radical (unpaired) electrons. The minimum absolute atomic E-state index is 0.260. The lowest BCUT2D eigenvalue weighted by Gasteiger charge is -2.17. The van der Waals surface area contributed by atoms with E-state index in [-0.39, 0.29) is 5.91 Å². The van der Waals surface area contributed by atoms with E-state index in [1.165, 1.54) is 0 Å². The monoisotopic (exact) mass is 173 g/mol. The van der Waals surface area contributed by atoms with E-state index in [1.807, 2.05) is 11.8 Å². The van der Waals surface area contributed by atoms with E-state index in [1.54, 1.807) is 0 Å². The molecule has 0 aliphatic rings. The van der Waals surface area contributed by atoms with Gasteiger partial charge in [-0.2, -0.15) is 0 Å². The molecule has 0 spiro atoms. The average molecular weight is 173 g/mol. The van der Waals surface area contributed by atoms with Crippen molar-refractivity contribution in [3.8, 4) is 0 Å². The van der Waals surface area contributed by atoms with Crippen LogP contribution in [0.3, 0.4) is 0 Å². The molecule has 0 heterocycles. The molecule has 0 bridgehead atoms. The molecule has 0 fully saturated rings. The molecular weight excluding hydrogens is 154 g/mol. The van der Waals surface area contributed by atoms with E-state index in [9.17, 15) is 4.79 Å². The number of hydrogen-bond acceptors (Lipinski definition) is 3. The molecule has 0 saturated heterocycles. The summed E-state index contributed by atoms with van der Waals surface area (Å²) < 4.78 is 0. The normalized spacial score (nSPS) is 10.6. The summed E-state index contributed by atoms with van der Waals surface area (Å²) in [5.41, 5.74) is 10.4. The number of primary amides is 1. The van der Waals surface area contributed by atoms with Crippen LogP contribution in [-0.2, 0) is 4.79 Å². The van der Waals surface area contributed by atoms with Crippen LogP contribution in [-0.4, -0.2) is 37.0 Å². The smallest absolute Gasteiger partial charge is 0.231 e. The van der Waals surface area contributed by atoms with Crippen molar-refractivity contribution in [1.82, 2.24) is 4.90 Å². The van der Waals surface area contributed by atoms with Crippen molar-refractivity contribution in [2.75, 3.05) is 26.2 Å². The summed E-state index contributed by atoms with van der Waals surface area (Å²) in [6.45, 7) is 4.88. The highest BCUT2D eigenvalue weighted by atomic mass is 16.1. The fourth-order valence-electron chi connectivity index (χ4n) is 1.05. The average Bonchev–Trinajstić information content (AvgIpc) is 2.02. The van der Waals surface area contributed by atoms with Crippen LogP contribution in [0.1, 0.15) is 19.8 Å². The third-order valence-electron chi connectivity index (χ3n) is 1.76. The van der Waals surface area contributed by atoms with Crippen molar-refractivity contribution in [3.63, 3.8) is 0 Å². The topological polar surface area (TPSA) is 72.3 Å². The summed E-state index contributed by atoms with van der Waals surface area (Å²) in [6, 6.07) is 0. The number of carbonyl (C=O) groups is 1. The summed E-state index contributed by atoms with van der Waals surface area (Å²) in [5, 5.41) is 0. The molecule has 4 N–H and O–H groups in total. The third-order valence-corrected chi connectivity index (χ3v) is 1.76. The Morgan fingerprint density at radius 3 is 2.50 bits per heavy atom. The van der Waals surface area contributed by atoms with Gasteiger partial charge in [0.2, 0.25) is 5.91 Å². The maximum atomic E-state index is 10.6. The number of amides is 1. The van der Waals surface area contributed by atoms with Crippen molar-refractivity contribution in [2.24, 2.45) is 11.5 Å². The van der Waals surface area contributed by atoms with Crippen molar-refractivity contribution in [1.29, 1.82) is 0 Å². The Morgan fingerprint density at radius 1 is 1.42 bits per heavy atom. The molecule has 0 unspecified atom stereocenters. The molecule has 0 aromatic heterocycles. The first-order valence-electron chi connectivity index (χ1n) is 4.41. The van der Waals surface area contributed by atoms with Crippen molar-refractivity contribution in [3.05, 3.63) is 0 Å². The first-order chi connectivity index (χ1) is 5.70. The Bertz CT molecular complexity index is 127. The molecule has 1 amide bonds. The zero-order chi connectivity index (χ0) is 9.40. The fraction of sp³-hybridized carbons (Fsp3) is 0.875. The van der Waals surface area contributed by atoms with Crippen LogP contribution in [0.25, 0.3) is 0 Å². The maximum absolute atomic E-state index is 10.6. The highest BCUT2D eigenvalue weighted by molar-refractivity contribution is 5.75. The molecule has 0 saturated carbocycles. The number of likely N-dealkylation sites (N-methyl/N-ethyl adjacent to an activating group) is 1. The number of nitrogens with two attached hydrogens (primary N) is 2. The summed E-state index contributed by atoms with van der Waals surface area (Å²) in [5.74, 6) is -0.260. The lowest BCUT2D eigenvalue weighted by molar-refractivity contribution is -0.119. The van der Waals surface area contributed by atoms with E-state index in [0.29, 0.717) is 13.1 Å². The molecule has 0 aromatic rings. The Balaban J connectivity index is 3.46. The molecule has 4 nitrogen and oxygen atoms in total. The highest BCUT2D eigenvalue weighted by Gasteiger charge is 2.04. The number of carbonyl (C=O) groups excluding carboxylic acids is 1. The van der Waals surface area contributed by atoms with Gasteiger partial charge in [0.15, 0.2) is 0 Å². The van der Waals surface area contributed by atoms with E-state index >= 15 is 0 Å². The third kappa shape index (κ3) is 6.12. The van der Waals surface area contributed by atoms with Crippen LogP contribution in [0.5, 0.6) is 0 Å². The number of nitrogens with zero attached hydrogens (tertiary/aromatic N) is 1. The predicted molar refractivity (Wildman–Crippen MR) is 49.6 cm³/mol. The van der Waals surface area contributed by atoms with Crippen LogP contribution in [0.2, 0.25) is 0 Å². The van der Waals surface area contributed by atoms with Gasteiger partial charge in [-0.05, 0) is 32.5 Å². The highest BCUT2D eigenvalue weighted by Crippen LogP contribution is 1.93. The van der Waals surface area contributed by atoms with Gasteiger partial charge in [-0.25, -0.2) is 0 Å². The van der Waals surface area contributed by atoms with Gasteiger partial charge in [-0.1, -0.05) is 6.92 Å². The Kier molecular flexibility index (Phi) is 6.70. The largest absolute Gasteiger partial charge is 0.369 e. The standard InChI is InChI=1S/C8H19N3O/c1-2-11(7-8(10)12)6-4-3-5-9/h2-7,9H2,1H3,(H2,10,12). The van der Waals surface area contributed by atoms with E-state index < -0.39 is 0 Å². The minimum Gasteiger partial charge on any atom is -0.369 e. The molecular formula is C8H19N3O. The second-order valence-electron chi connectivity index (χ2n) is 2.83. The Morgan fingerprint density at radius 2 is 2.08 bits per heavy atom. The fourth-order valence-corrected chi connectivity index (χ4v) is 1.05. The minimum atomic E-state index is -0.260. The molecule has 12 heavy (non-hydrogen) atoms. The van der Waals surface area contributed by atoms with Gasteiger partial charge in [0.25, 0.3) is 0 Å². The lowest BCUT2D eigenvalue weighted by atomic mass is 10.3. The summed E-state index contributed by atoms with van der Waals surface area (Å²) >= 11 is 0. The van der Waals surface area contributed by atoms with Crippen molar-refractivity contribution >= 4 is 5.91 Å². The van der Waals surface area contributed by atoms with Crippen LogP contribution in [0, 0.1) is 0 Å². The van der Waals surface area contributed by atoms with Crippen LogP contribution >= 0.6 is 0 Å². The van der Waals surface area contributed by atoms with Gasteiger partial charge < -0.3 is 11.5 Å². The molecule has 0 aromatic carbocycles.